The summed E-state index contributed by atoms with van der Waals surface area (Å²) in [5.74, 6) is 1.01. The van der Waals surface area contributed by atoms with Gasteiger partial charge in [0.15, 0.2) is 0 Å². The standard InChI is InChI=1S/C9H19N/c1-7(2)10(4)8(3)9-5-6-9/h7-9H,5-6H2,1-4H3. The lowest BCUT2D eigenvalue weighted by Crippen LogP contribution is -2.36. The topological polar surface area (TPSA) is 3.24 Å². The average molecular weight is 141 g/mol. The summed E-state index contributed by atoms with van der Waals surface area (Å²) in [4.78, 5) is 2.47. The molecule has 0 spiro atoms. The first-order chi connectivity index (χ1) is 4.63. The third-order valence-corrected chi connectivity index (χ3v) is 2.76. The van der Waals surface area contributed by atoms with E-state index in [1.54, 1.807) is 0 Å². The normalized spacial score (nSPS) is 22.2. The quantitative estimate of drug-likeness (QED) is 0.582. The third-order valence-electron chi connectivity index (χ3n) is 2.76. The molecule has 0 aromatic rings. The van der Waals surface area contributed by atoms with E-state index in [-0.39, 0.29) is 0 Å². The number of rotatable bonds is 3. The second-order valence-electron chi connectivity index (χ2n) is 3.84. The molecule has 1 rings (SSSR count). The first-order valence-electron chi connectivity index (χ1n) is 4.35. The van der Waals surface area contributed by atoms with Crippen LogP contribution in [-0.2, 0) is 0 Å². The Morgan fingerprint density at radius 2 is 1.70 bits per heavy atom. The molecule has 1 atom stereocenters. The fourth-order valence-electron chi connectivity index (χ4n) is 1.38. The van der Waals surface area contributed by atoms with Crippen molar-refractivity contribution in [3.05, 3.63) is 0 Å². The van der Waals surface area contributed by atoms with E-state index in [0.717, 1.165) is 12.0 Å². The van der Waals surface area contributed by atoms with Crippen molar-refractivity contribution in [3.8, 4) is 0 Å². The van der Waals surface area contributed by atoms with Gasteiger partial charge in [0.05, 0.1) is 0 Å². The molecule has 0 aromatic heterocycles. The predicted molar refractivity (Wildman–Crippen MR) is 45.1 cm³/mol. The van der Waals surface area contributed by atoms with Crippen LogP contribution in [0.25, 0.3) is 0 Å². The van der Waals surface area contributed by atoms with Crippen LogP contribution in [-0.4, -0.2) is 24.0 Å². The minimum atomic E-state index is 0.704. The molecule has 1 unspecified atom stereocenters. The van der Waals surface area contributed by atoms with Crippen LogP contribution in [0.2, 0.25) is 0 Å². The second-order valence-corrected chi connectivity index (χ2v) is 3.84. The lowest BCUT2D eigenvalue weighted by molar-refractivity contribution is 0.189. The highest BCUT2D eigenvalue weighted by Gasteiger charge is 2.30. The summed E-state index contributed by atoms with van der Waals surface area (Å²) in [6.07, 6.45) is 2.91. The summed E-state index contributed by atoms with van der Waals surface area (Å²) in [6.45, 7) is 6.87. The van der Waals surface area contributed by atoms with Gasteiger partial charge in [0.25, 0.3) is 0 Å². The summed E-state index contributed by atoms with van der Waals surface area (Å²) in [6, 6.07) is 1.51. The summed E-state index contributed by atoms with van der Waals surface area (Å²) in [5, 5.41) is 0. The molecule has 0 radical (unpaired) electrons. The minimum Gasteiger partial charge on any atom is -0.301 e. The van der Waals surface area contributed by atoms with Crippen LogP contribution in [0.4, 0.5) is 0 Å². The zero-order valence-corrected chi connectivity index (χ0v) is 7.59. The first kappa shape index (κ1) is 8.06. The van der Waals surface area contributed by atoms with Gasteiger partial charge < -0.3 is 4.90 Å². The van der Waals surface area contributed by atoms with E-state index < -0.39 is 0 Å². The van der Waals surface area contributed by atoms with Crippen molar-refractivity contribution in [2.75, 3.05) is 7.05 Å². The van der Waals surface area contributed by atoms with Gasteiger partial charge in [-0.25, -0.2) is 0 Å². The Hall–Kier alpha value is -0.0400. The van der Waals surface area contributed by atoms with Crippen molar-refractivity contribution < 1.29 is 0 Å². The van der Waals surface area contributed by atoms with Gasteiger partial charge in [0.1, 0.15) is 0 Å². The molecule has 0 aliphatic heterocycles. The van der Waals surface area contributed by atoms with E-state index in [1.165, 1.54) is 12.8 Å². The van der Waals surface area contributed by atoms with E-state index in [0.29, 0.717) is 6.04 Å². The molecule has 10 heavy (non-hydrogen) atoms. The summed E-state index contributed by atoms with van der Waals surface area (Å²) in [5.41, 5.74) is 0. The smallest absolute Gasteiger partial charge is 0.00948 e. The average Bonchev–Trinajstić information content (AvgIpc) is 2.65. The fraction of sp³-hybridized carbons (Fsp3) is 1.00. The van der Waals surface area contributed by atoms with Crippen LogP contribution >= 0.6 is 0 Å². The summed E-state index contributed by atoms with van der Waals surface area (Å²) >= 11 is 0. The van der Waals surface area contributed by atoms with Crippen LogP contribution in [0.15, 0.2) is 0 Å². The highest BCUT2D eigenvalue weighted by molar-refractivity contribution is 4.84. The molecule has 0 heterocycles. The largest absolute Gasteiger partial charge is 0.301 e. The molecule has 1 aliphatic rings. The lowest BCUT2D eigenvalue weighted by Gasteiger charge is -2.28. The molecule has 1 aliphatic carbocycles. The summed E-state index contributed by atoms with van der Waals surface area (Å²) < 4.78 is 0. The van der Waals surface area contributed by atoms with Gasteiger partial charge in [-0.05, 0) is 46.6 Å². The van der Waals surface area contributed by atoms with Crippen LogP contribution in [0.5, 0.6) is 0 Å². The van der Waals surface area contributed by atoms with Crippen LogP contribution in [0, 0.1) is 5.92 Å². The highest BCUT2D eigenvalue weighted by atomic mass is 15.2. The van der Waals surface area contributed by atoms with Gasteiger partial charge in [0.2, 0.25) is 0 Å². The lowest BCUT2D eigenvalue weighted by atomic mass is 10.1. The van der Waals surface area contributed by atoms with Crippen molar-refractivity contribution in [1.29, 1.82) is 0 Å². The van der Waals surface area contributed by atoms with Crippen LogP contribution in [0.3, 0.4) is 0 Å². The molecule has 1 heteroatoms. The van der Waals surface area contributed by atoms with Crippen LogP contribution < -0.4 is 0 Å². The molecule has 1 fully saturated rings. The Morgan fingerprint density at radius 3 is 2.00 bits per heavy atom. The minimum absolute atomic E-state index is 0.704. The zero-order chi connectivity index (χ0) is 7.72. The molecule has 0 saturated heterocycles. The van der Waals surface area contributed by atoms with E-state index >= 15 is 0 Å². The van der Waals surface area contributed by atoms with Crippen molar-refractivity contribution >= 4 is 0 Å². The first-order valence-corrected chi connectivity index (χ1v) is 4.35. The molecule has 0 N–H and O–H groups in total. The zero-order valence-electron chi connectivity index (χ0n) is 7.59. The van der Waals surface area contributed by atoms with Crippen molar-refractivity contribution in [3.63, 3.8) is 0 Å². The monoisotopic (exact) mass is 141 g/mol. The van der Waals surface area contributed by atoms with E-state index in [1.807, 2.05) is 0 Å². The number of nitrogens with zero attached hydrogens (tertiary/aromatic N) is 1. The maximum atomic E-state index is 2.47. The molecule has 0 amide bonds. The van der Waals surface area contributed by atoms with Crippen molar-refractivity contribution in [2.24, 2.45) is 5.92 Å². The predicted octanol–water partition coefficient (Wildman–Crippen LogP) is 2.13. The molecule has 0 aromatic carbocycles. The van der Waals surface area contributed by atoms with Gasteiger partial charge in [0, 0.05) is 12.1 Å². The molecular weight excluding hydrogens is 122 g/mol. The Kier molecular flexibility index (Phi) is 2.35. The molecule has 0 bridgehead atoms. The van der Waals surface area contributed by atoms with E-state index in [2.05, 4.69) is 32.7 Å². The van der Waals surface area contributed by atoms with Gasteiger partial charge >= 0.3 is 0 Å². The highest BCUT2D eigenvalue weighted by Crippen LogP contribution is 2.35. The Labute approximate surface area is 64.4 Å². The maximum absolute atomic E-state index is 2.47. The Morgan fingerprint density at radius 1 is 1.20 bits per heavy atom. The molecule has 1 saturated carbocycles. The molecule has 1 nitrogen and oxygen atoms in total. The van der Waals surface area contributed by atoms with Gasteiger partial charge in [-0.1, -0.05) is 0 Å². The summed E-state index contributed by atoms with van der Waals surface area (Å²) in [7, 11) is 2.23. The van der Waals surface area contributed by atoms with Crippen molar-refractivity contribution in [1.82, 2.24) is 4.90 Å². The molecular formula is C9H19N. The van der Waals surface area contributed by atoms with Gasteiger partial charge in [-0.15, -0.1) is 0 Å². The third kappa shape index (κ3) is 1.72. The van der Waals surface area contributed by atoms with Crippen molar-refractivity contribution in [2.45, 2.75) is 45.7 Å². The SMILES string of the molecule is CC(C)N(C)C(C)C1CC1. The van der Waals surface area contributed by atoms with Crippen LogP contribution in [0.1, 0.15) is 33.6 Å². The Balaban J connectivity index is 2.30. The number of hydrogen-bond acceptors (Lipinski definition) is 1. The second kappa shape index (κ2) is 2.91. The maximum Gasteiger partial charge on any atom is 0.00948 e. The molecule has 60 valence electrons. The number of hydrogen-bond donors (Lipinski definition) is 0. The van der Waals surface area contributed by atoms with E-state index in [9.17, 15) is 0 Å². The van der Waals surface area contributed by atoms with Gasteiger partial charge in [-0.2, -0.15) is 0 Å². The Bertz CT molecular complexity index is 99.3. The van der Waals surface area contributed by atoms with Gasteiger partial charge in [-0.3, -0.25) is 0 Å². The van der Waals surface area contributed by atoms with E-state index in [4.69, 9.17) is 0 Å². The fourth-order valence-corrected chi connectivity index (χ4v) is 1.38.